The molecule has 170 valence electrons. The van der Waals surface area contributed by atoms with Crippen molar-refractivity contribution in [2.75, 3.05) is 5.32 Å². The molecule has 0 radical (unpaired) electrons. The quantitative estimate of drug-likeness (QED) is 0.225. The van der Waals surface area contributed by atoms with E-state index in [0.717, 1.165) is 34.2 Å². The summed E-state index contributed by atoms with van der Waals surface area (Å²) in [6.45, 7) is 0.444. The summed E-state index contributed by atoms with van der Waals surface area (Å²) in [7, 11) is 0. The van der Waals surface area contributed by atoms with E-state index in [2.05, 4.69) is 5.32 Å². The average Bonchev–Trinajstić information content (AvgIpc) is 3.30. The highest BCUT2D eigenvalue weighted by Gasteiger charge is 2.33. The molecule has 6 nitrogen and oxygen atoms in total. The van der Waals surface area contributed by atoms with Gasteiger partial charge in [-0.2, -0.15) is 13.2 Å². The summed E-state index contributed by atoms with van der Waals surface area (Å²) in [6.07, 6.45) is -0.977. The number of carbonyl (C=O) groups excluding carboxylic acids is 1. The average molecular weight is 463 g/mol. The summed E-state index contributed by atoms with van der Waals surface area (Å²) in [5.41, 5.74) is 2.47. The molecule has 1 N–H and O–H groups in total. The number of amides is 1. The molecule has 34 heavy (non-hydrogen) atoms. The molecule has 0 bridgehead atoms. The van der Waals surface area contributed by atoms with E-state index in [9.17, 15) is 28.1 Å². The van der Waals surface area contributed by atoms with Gasteiger partial charge in [0.1, 0.15) is 0 Å². The fourth-order valence-corrected chi connectivity index (χ4v) is 4.11. The molecule has 0 fully saturated rings. The van der Waals surface area contributed by atoms with E-state index in [4.69, 9.17) is 0 Å². The molecule has 4 aromatic rings. The lowest BCUT2D eigenvalue weighted by atomic mass is 10.0. The maximum atomic E-state index is 13.1. The van der Waals surface area contributed by atoms with Gasteiger partial charge in [-0.3, -0.25) is 14.9 Å². The molecular weight excluding hydrogens is 447 g/mol. The Morgan fingerprint density at radius 1 is 1.03 bits per heavy atom. The molecule has 0 saturated heterocycles. The van der Waals surface area contributed by atoms with Crippen molar-refractivity contribution in [3.8, 4) is 0 Å². The van der Waals surface area contributed by atoms with Crippen molar-refractivity contribution >= 4 is 39.8 Å². The number of nitrogens with zero attached hydrogens (tertiary/aromatic N) is 2. The number of fused-ring (bicyclic) bond motifs is 2. The summed E-state index contributed by atoms with van der Waals surface area (Å²) in [5, 5.41) is 14.3. The number of nitro benzene ring substituents is 1. The molecule has 3 aromatic carbocycles. The first-order valence-electron chi connectivity index (χ1n) is 10.3. The highest BCUT2D eigenvalue weighted by Crippen LogP contribution is 2.39. The van der Waals surface area contributed by atoms with E-state index in [-0.39, 0.29) is 16.9 Å². The zero-order valence-corrected chi connectivity index (χ0v) is 17.5. The number of non-ortho nitro benzene ring substituents is 1. The van der Waals surface area contributed by atoms with Gasteiger partial charge in [-0.05, 0) is 29.8 Å². The van der Waals surface area contributed by atoms with Crippen LogP contribution in [0, 0.1) is 10.1 Å². The largest absolute Gasteiger partial charge is 0.416 e. The van der Waals surface area contributed by atoms with Crippen molar-refractivity contribution in [3.05, 3.63) is 105 Å². The topological polar surface area (TPSA) is 77.2 Å². The fourth-order valence-electron chi connectivity index (χ4n) is 4.11. The minimum Gasteiger partial charge on any atom is -0.342 e. The third-order valence-electron chi connectivity index (χ3n) is 5.75. The van der Waals surface area contributed by atoms with Crippen LogP contribution in [0.3, 0.4) is 0 Å². The van der Waals surface area contributed by atoms with Gasteiger partial charge in [-0.25, -0.2) is 0 Å². The molecule has 0 atom stereocenters. The van der Waals surface area contributed by atoms with Crippen LogP contribution in [0.15, 0.2) is 72.9 Å². The molecule has 1 aliphatic rings. The smallest absolute Gasteiger partial charge is 0.342 e. The SMILES string of the molecule is O=C1Nc2cc(C(F)(F)F)ccc2/C1=C/c1cn(Cc2ccc([N+](=O)[O-])cc2)c2ccccc12. The van der Waals surface area contributed by atoms with Crippen LogP contribution in [0.4, 0.5) is 24.5 Å². The van der Waals surface area contributed by atoms with E-state index < -0.39 is 22.6 Å². The Kier molecular flexibility index (Phi) is 4.97. The second-order valence-corrected chi connectivity index (χ2v) is 7.92. The van der Waals surface area contributed by atoms with Gasteiger partial charge in [-0.1, -0.05) is 36.4 Å². The van der Waals surface area contributed by atoms with Crippen molar-refractivity contribution in [1.29, 1.82) is 0 Å². The molecule has 0 spiro atoms. The van der Waals surface area contributed by atoms with E-state index >= 15 is 0 Å². The molecule has 1 amide bonds. The van der Waals surface area contributed by atoms with E-state index in [0.29, 0.717) is 12.1 Å². The predicted octanol–water partition coefficient (Wildman–Crippen LogP) is 6.11. The second kappa shape index (κ2) is 7.87. The Labute approximate surface area is 191 Å². The molecule has 0 unspecified atom stereocenters. The molecule has 5 rings (SSSR count). The van der Waals surface area contributed by atoms with Crippen molar-refractivity contribution in [3.63, 3.8) is 0 Å². The number of benzene rings is 3. The first-order valence-corrected chi connectivity index (χ1v) is 10.3. The number of anilines is 1. The zero-order valence-electron chi connectivity index (χ0n) is 17.5. The van der Waals surface area contributed by atoms with Crippen LogP contribution < -0.4 is 5.32 Å². The molecule has 9 heteroatoms. The van der Waals surface area contributed by atoms with Gasteiger partial charge in [0.05, 0.1) is 10.5 Å². The molecule has 0 aliphatic carbocycles. The highest BCUT2D eigenvalue weighted by atomic mass is 19.4. The Hall–Kier alpha value is -4.40. The monoisotopic (exact) mass is 463 g/mol. The number of hydrogen-bond donors (Lipinski definition) is 1. The predicted molar refractivity (Wildman–Crippen MR) is 122 cm³/mol. The normalized spacial score (nSPS) is 14.4. The number of aromatic nitrogens is 1. The number of carbonyl (C=O) groups is 1. The zero-order chi connectivity index (χ0) is 24.0. The number of nitro groups is 1. The van der Waals surface area contributed by atoms with Crippen LogP contribution in [0.25, 0.3) is 22.6 Å². The van der Waals surface area contributed by atoms with E-state index in [1.807, 2.05) is 35.0 Å². The Morgan fingerprint density at radius 2 is 1.76 bits per heavy atom. The van der Waals surface area contributed by atoms with Gasteiger partial charge in [0.25, 0.3) is 11.6 Å². The fraction of sp³-hybridized carbons (Fsp3) is 0.0800. The first-order chi connectivity index (χ1) is 16.2. The van der Waals surface area contributed by atoms with Crippen molar-refractivity contribution in [1.82, 2.24) is 4.57 Å². The van der Waals surface area contributed by atoms with Gasteiger partial charge in [0.2, 0.25) is 0 Å². The maximum Gasteiger partial charge on any atom is 0.416 e. The number of halogens is 3. The maximum absolute atomic E-state index is 13.1. The van der Waals surface area contributed by atoms with Crippen LogP contribution in [-0.2, 0) is 17.5 Å². The van der Waals surface area contributed by atoms with Gasteiger partial charge in [0.15, 0.2) is 0 Å². The number of para-hydroxylation sites is 1. The molecule has 2 heterocycles. The molecule has 1 aliphatic heterocycles. The third kappa shape index (κ3) is 3.81. The summed E-state index contributed by atoms with van der Waals surface area (Å²) in [5.74, 6) is -0.471. The summed E-state index contributed by atoms with van der Waals surface area (Å²) >= 11 is 0. The Morgan fingerprint density at radius 3 is 2.47 bits per heavy atom. The van der Waals surface area contributed by atoms with Crippen molar-refractivity contribution in [2.24, 2.45) is 0 Å². The second-order valence-electron chi connectivity index (χ2n) is 7.92. The minimum absolute atomic E-state index is 0.00567. The van der Waals surface area contributed by atoms with E-state index in [1.165, 1.54) is 18.2 Å². The van der Waals surface area contributed by atoms with Crippen LogP contribution in [0.2, 0.25) is 0 Å². The van der Waals surface area contributed by atoms with Gasteiger partial charge in [0, 0.05) is 58.2 Å². The van der Waals surface area contributed by atoms with Gasteiger partial charge < -0.3 is 9.88 Å². The minimum atomic E-state index is -4.50. The number of hydrogen-bond acceptors (Lipinski definition) is 3. The molecule has 0 saturated carbocycles. The van der Waals surface area contributed by atoms with E-state index in [1.54, 1.807) is 18.2 Å². The summed E-state index contributed by atoms with van der Waals surface area (Å²) < 4.78 is 41.1. The van der Waals surface area contributed by atoms with Crippen LogP contribution in [-0.4, -0.2) is 15.4 Å². The lowest BCUT2D eigenvalue weighted by molar-refractivity contribution is -0.384. The van der Waals surface area contributed by atoms with Gasteiger partial charge in [-0.15, -0.1) is 0 Å². The first kappa shape index (κ1) is 21.4. The molecular formula is C25H16F3N3O3. The Balaban J connectivity index is 1.54. The lowest BCUT2D eigenvalue weighted by Gasteiger charge is -2.08. The molecule has 1 aromatic heterocycles. The standard InChI is InChI=1S/C25H16F3N3O3/c26-25(27,28)17-7-10-20-21(24(32)29-22(20)12-17)11-16-14-30(23-4-2-1-3-19(16)23)13-15-5-8-18(9-6-15)31(33)34/h1-12,14H,13H2,(H,29,32)/b21-11-. The Bertz CT molecular complexity index is 1490. The lowest BCUT2D eigenvalue weighted by Crippen LogP contribution is -2.06. The highest BCUT2D eigenvalue weighted by molar-refractivity contribution is 6.35. The third-order valence-corrected chi connectivity index (χ3v) is 5.75. The number of nitrogens with one attached hydrogen (secondary N) is 1. The summed E-state index contributed by atoms with van der Waals surface area (Å²) in [4.78, 5) is 23.0. The number of rotatable bonds is 4. The summed E-state index contributed by atoms with van der Waals surface area (Å²) in [6, 6.07) is 17.0. The van der Waals surface area contributed by atoms with Crippen LogP contribution >= 0.6 is 0 Å². The van der Waals surface area contributed by atoms with Crippen LogP contribution in [0.5, 0.6) is 0 Å². The van der Waals surface area contributed by atoms with Crippen molar-refractivity contribution < 1.29 is 22.9 Å². The van der Waals surface area contributed by atoms with Crippen LogP contribution in [0.1, 0.15) is 22.3 Å². The number of alkyl halides is 3. The van der Waals surface area contributed by atoms with Gasteiger partial charge >= 0.3 is 6.18 Å². The van der Waals surface area contributed by atoms with Crippen molar-refractivity contribution in [2.45, 2.75) is 12.7 Å².